The number of fused-ring (bicyclic) bond motifs is 9. The van der Waals surface area contributed by atoms with Gasteiger partial charge in [-0.2, -0.15) is 13.9 Å². The van der Waals surface area contributed by atoms with Gasteiger partial charge in [0.15, 0.2) is 5.82 Å². The summed E-state index contributed by atoms with van der Waals surface area (Å²) in [6, 6.07) is 8.31. The first-order valence-electron chi connectivity index (χ1n) is 11.8. The lowest BCUT2D eigenvalue weighted by atomic mass is 9.88. The molecule has 2 unspecified atom stereocenters. The number of ether oxygens (including phenoxy) is 1. The number of hydrogen-bond donors (Lipinski definition) is 1. The third-order valence-corrected chi connectivity index (χ3v) is 7.60. The van der Waals surface area contributed by atoms with Gasteiger partial charge in [-0.3, -0.25) is 4.79 Å². The minimum atomic E-state index is -3.00. The number of aliphatic hydroxyl groups is 1. The first-order valence-corrected chi connectivity index (χ1v) is 11.8. The maximum Gasteiger partial charge on any atom is 0.387 e. The summed E-state index contributed by atoms with van der Waals surface area (Å²) in [6.45, 7) is -3.00. The summed E-state index contributed by atoms with van der Waals surface area (Å²) < 4.78 is 33.2. The summed E-state index contributed by atoms with van der Waals surface area (Å²) in [5, 5.41) is 15.1. The number of halogens is 2. The van der Waals surface area contributed by atoms with Crippen molar-refractivity contribution in [3.05, 3.63) is 77.1 Å². The highest BCUT2D eigenvalue weighted by atomic mass is 19.3. The van der Waals surface area contributed by atoms with E-state index in [0.717, 1.165) is 27.9 Å². The molecule has 3 aromatic heterocycles. The van der Waals surface area contributed by atoms with E-state index in [1.165, 1.54) is 6.07 Å². The van der Waals surface area contributed by atoms with Crippen molar-refractivity contribution in [3.63, 3.8) is 0 Å². The Labute approximate surface area is 204 Å². The molecule has 1 aliphatic heterocycles. The smallest absolute Gasteiger partial charge is 0.387 e. The molecule has 0 radical (unpaired) electrons. The van der Waals surface area contributed by atoms with Crippen LogP contribution in [0.4, 0.5) is 8.78 Å². The van der Waals surface area contributed by atoms with Crippen molar-refractivity contribution in [2.75, 3.05) is 7.05 Å². The van der Waals surface area contributed by atoms with Gasteiger partial charge in [0.05, 0.1) is 17.3 Å². The Morgan fingerprint density at radius 3 is 2.64 bits per heavy atom. The number of nitrogens with zero attached hydrogens (tertiary/aromatic N) is 5. The molecule has 2 aliphatic carbocycles. The highest BCUT2D eigenvalue weighted by Crippen LogP contribution is 2.53. The van der Waals surface area contributed by atoms with Crippen LogP contribution in [0.25, 0.3) is 16.6 Å². The Morgan fingerprint density at radius 1 is 1.14 bits per heavy atom. The van der Waals surface area contributed by atoms with E-state index < -0.39 is 12.2 Å². The van der Waals surface area contributed by atoms with Gasteiger partial charge in [0, 0.05) is 53.8 Å². The molecular formula is C26H21F2N5O3. The molecule has 2 bridgehead atoms. The van der Waals surface area contributed by atoms with Crippen LogP contribution >= 0.6 is 0 Å². The number of hydrogen-bond acceptors (Lipinski definition) is 6. The Balaban J connectivity index is 1.39. The minimum Gasteiger partial charge on any atom is -0.434 e. The fourth-order valence-corrected chi connectivity index (χ4v) is 5.60. The van der Waals surface area contributed by atoms with Crippen molar-refractivity contribution in [2.24, 2.45) is 0 Å². The van der Waals surface area contributed by atoms with Gasteiger partial charge in [-0.05, 0) is 49.1 Å². The second-order valence-electron chi connectivity index (χ2n) is 9.69. The Morgan fingerprint density at radius 2 is 1.92 bits per heavy atom. The summed E-state index contributed by atoms with van der Waals surface area (Å²) in [7, 11) is 1.72. The molecule has 4 aromatic rings. The number of pyridine rings is 1. The van der Waals surface area contributed by atoms with Crippen LogP contribution in [0.3, 0.4) is 0 Å². The maximum atomic E-state index is 13.3. The fraction of sp³-hybridized carbons (Fsp3) is 0.308. The zero-order valence-electron chi connectivity index (χ0n) is 19.2. The number of rotatable bonds is 4. The van der Waals surface area contributed by atoms with Crippen LogP contribution in [-0.2, 0) is 5.60 Å². The highest BCUT2D eigenvalue weighted by Gasteiger charge is 2.46. The lowest BCUT2D eigenvalue weighted by molar-refractivity contribution is -0.0505. The molecule has 10 heteroatoms. The van der Waals surface area contributed by atoms with Gasteiger partial charge in [0.25, 0.3) is 5.91 Å². The van der Waals surface area contributed by atoms with Crippen LogP contribution in [0.2, 0.25) is 0 Å². The van der Waals surface area contributed by atoms with E-state index in [-0.39, 0.29) is 23.6 Å². The van der Waals surface area contributed by atoms with Crippen LogP contribution < -0.4 is 4.74 Å². The van der Waals surface area contributed by atoms with Gasteiger partial charge < -0.3 is 14.7 Å². The van der Waals surface area contributed by atoms with Crippen LogP contribution in [0.1, 0.15) is 64.2 Å². The quantitative estimate of drug-likeness (QED) is 0.465. The van der Waals surface area contributed by atoms with Crippen molar-refractivity contribution in [1.82, 2.24) is 24.5 Å². The number of aromatic nitrogens is 4. The van der Waals surface area contributed by atoms with E-state index in [0.29, 0.717) is 36.2 Å². The summed E-state index contributed by atoms with van der Waals surface area (Å²) in [4.78, 5) is 23.6. The maximum absolute atomic E-state index is 13.3. The van der Waals surface area contributed by atoms with E-state index in [1.54, 1.807) is 41.0 Å². The molecule has 0 saturated heterocycles. The van der Waals surface area contributed by atoms with Gasteiger partial charge >= 0.3 is 6.61 Å². The predicted octanol–water partition coefficient (Wildman–Crippen LogP) is 4.04. The molecule has 2 atom stereocenters. The minimum absolute atomic E-state index is 0.0141. The molecule has 1 amide bonds. The molecular weight excluding hydrogens is 468 g/mol. The van der Waals surface area contributed by atoms with E-state index in [2.05, 4.69) is 9.97 Å². The Hall–Kier alpha value is -3.92. The van der Waals surface area contributed by atoms with E-state index >= 15 is 0 Å². The normalized spacial score (nSPS) is 21.5. The molecule has 1 saturated carbocycles. The second-order valence-corrected chi connectivity index (χ2v) is 9.69. The number of carbonyl (C=O) groups is 1. The topological polar surface area (TPSA) is 92.9 Å². The molecule has 36 heavy (non-hydrogen) atoms. The Bertz CT molecular complexity index is 1550. The van der Waals surface area contributed by atoms with Crippen LogP contribution in [-0.4, -0.2) is 49.2 Å². The lowest BCUT2D eigenvalue weighted by Gasteiger charge is -2.23. The number of amides is 1. The zero-order chi connectivity index (χ0) is 24.8. The largest absolute Gasteiger partial charge is 0.434 e. The molecule has 4 heterocycles. The first kappa shape index (κ1) is 21.4. The average Bonchev–Trinajstić information content (AvgIpc) is 3.40. The molecule has 8 nitrogen and oxygen atoms in total. The van der Waals surface area contributed by atoms with Crippen LogP contribution in [0.15, 0.2) is 48.9 Å². The monoisotopic (exact) mass is 489 g/mol. The number of alkyl halides is 2. The fourth-order valence-electron chi connectivity index (χ4n) is 5.60. The third-order valence-electron chi connectivity index (χ3n) is 7.60. The standard InChI is InChI=1S/C26H21F2N5O3/c1-32-18-10-16(20-15(23(32)34)3-2-4-19(20)36-25(27)28)21-17-9-13(5-8-33(17)31-22(18)21)14-11-29-24(30-12-14)26(35)6-7-26/h2-5,8-9,11-12,16,18,25,35H,6-7,10H2,1H3. The van der Waals surface area contributed by atoms with Gasteiger partial charge in [0.2, 0.25) is 0 Å². The van der Waals surface area contributed by atoms with Gasteiger partial charge in [0.1, 0.15) is 11.4 Å². The predicted molar refractivity (Wildman–Crippen MR) is 124 cm³/mol. The van der Waals surface area contributed by atoms with Crippen molar-refractivity contribution in [1.29, 1.82) is 0 Å². The van der Waals surface area contributed by atoms with Gasteiger partial charge in [-0.25, -0.2) is 14.5 Å². The van der Waals surface area contributed by atoms with E-state index in [1.807, 2.05) is 18.3 Å². The number of carbonyl (C=O) groups excluding carboxylic acids is 1. The van der Waals surface area contributed by atoms with E-state index in [9.17, 15) is 18.7 Å². The van der Waals surface area contributed by atoms with Gasteiger partial charge in [-0.1, -0.05) is 6.07 Å². The molecule has 7 rings (SSSR count). The molecule has 182 valence electrons. The van der Waals surface area contributed by atoms with Crippen molar-refractivity contribution < 1.29 is 23.4 Å². The lowest BCUT2D eigenvalue weighted by Crippen LogP contribution is -2.30. The van der Waals surface area contributed by atoms with Crippen molar-refractivity contribution >= 4 is 11.4 Å². The molecule has 1 N–H and O–H groups in total. The van der Waals surface area contributed by atoms with Crippen molar-refractivity contribution in [3.8, 4) is 16.9 Å². The SMILES string of the molecule is CN1C(=O)c2cccc(OC(F)F)c2C2CC1c1nn3ccc(-c4cnc(C5(O)CC5)nc4)cc3c12. The van der Waals surface area contributed by atoms with Crippen LogP contribution in [0.5, 0.6) is 5.75 Å². The molecule has 3 aliphatic rings. The Kier molecular flexibility index (Phi) is 4.33. The third kappa shape index (κ3) is 3.00. The molecule has 0 spiro atoms. The van der Waals surface area contributed by atoms with Crippen molar-refractivity contribution in [2.45, 2.75) is 43.4 Å². The summed E-state index contributed by atoms with van der Waals surface area (Å²) >= 11 is 0. The average molecular weight is 489 g/mol. The summed E-state index contributed by atoms with van der Waals surface area (Å²) in [5.41, 5.74) is 4.06. The summed E-state index contributed by atoms with van der Waals surface area (Å²) in [6.07, 6.45) is 7.09. The number of benzene rings is 1. The van der Waals surface area contributed by atoms with Crippen LogP contribution in [0, 0.1) is 0 Å². The van der Waals surface area contributed by atoms with Gasteiger partial charge in [-0.15, -0.1) is 0 Å². The summed E-state index contributed by atoms with van der Waals surface area (Å²) in [5.74, 6) is -0.131. The van der Waals surface area contributed by atoms with E-state index in [4.69, 9.17) is 9.84 Å². The first-order chi connectivity index (χ1) is 17.3. The molecule has 1 fully saturated rings. The zero-order valence-corrected chi connectivity index (χ0v) is 19.2. The highest BCUT2D eigenvalue weighted by molar-refractivity contribution is 5.98. The second kappa shape index (κ2) is 7.30. The molecule has 1 aromatic carbocycles.